The SMILES string of the molecule is COCC(C)n1c(NS(=O)(=O)C(C)C(OC)c2ncc(Cl)cn2)nnc1-c1ccn(C)n1. The highest BCUT2D eigenvalue weighted by atomic mass is 35.5. The van der Waals surface area contributed by atoms with E-state index in [4.69, 9.17) is 21.1 Å². The minimum Gasteiger partial charge on any atom is -0.383 e. The summed E-state index contributed by atoms with van der Waals surface area (Å²) in [6.45, 7) is 3.66. The summed E-state index contributed by atoms with van der Waals surface area (Å²) in [7, 11) is 0.724. The third-order valence-corrected chi connectivity index (χ3v) is 6.67. The molecule has 12 nitrogen and oxygen atoms in total. The molecule has 0 aliphatic carbocycles. The number of nitrogens with one attached hydrogen (secondary N) is 1. The van der Waals surface area contributed by atoms with Crippen LogP contribution in [0.1, 0.15) is 31.8 Å². The zero-order valence-corrected chi connectivity index (χ0v) is 19.9. The van der Waals surface area contributed by atoms with E-state index in [9.17, 15) is 8.42 Å². The molecule has 1 N–H and O–H groups in total. The summed E-state index contributed by atoms with van der Waals surface area (Å²) >= 11 is 5.83. The molecule has 0 aliphatic heterocycles. The monoisotopic (exact) mass is 484 g/mol. The Morgan fingerprint density at radius 3 is 2.44 bits per heavy atom. The summed E-state index contributed by atoms with van der Waals surface area (Å²) in [5.41, 5.74) is 0.547. The van der Waals surface area contributed by atoms with Crippen LogP contribution >= 0.6 is 11.6 Å². The smallest absolute Gasteiger partial charge is 0.240 e. The molecule has 0 saturated carbocycles. The molecule has 3 aromatic rings. The number of nitrogens with zero attached hydrogens (tertiary/aromatic N) is 7. The van der Waals surface area contributed by atoms with Gasteiger partial charge < -0.3 is 9.47 Å². The van der Waals surface area contributed by atoms with E-state index in [-0.39, 0.29) is 17.8 Å². The predicted octanol–water partition coefficient (Wildman–Crippen LogP) is 1.85. The molecule has 3 unspecified atom stereocenters. The Bertz CT molecular complexity index is 1150. The normalized spacial score (nSPS) is 14.8. The number of aryl methyl sites for hydroxylation is 1. The van der Waals surface area contributed by atoms with Crippen molar-refractivity contribution < 1.29 is 17.9 Å². The number of rotatable bonds is 10. The molecule has 3 atom stereocenters. The van der Waals surface area contributed by atoms with Gasteiger partial charge in [-0.05, 0) is 19.9 Å². The average Bonchev–Trinajstić information content (AvgIpc) is 3.35. The van der Waals surface area contributed by atoms with Gasteiger partial charge in [-0.15, -0.1) is 10.2 Å². The zero-order chi connectivity index (χ0) is 23.5. The van der Waals surface area contributed by atoms with Crippen LogP contribution in [-0.4, -0.2) is 69.0 Å². The summed E-state index contributed by atoms with van der Waals surface area (Å²) in [6.07, 6.45) is 3.58. The molecule has 0 bridgehead atoms. The molecule has 0 amide bonds. The van der Waals surface area contributed by atoms with Gasteiger partial charge in [0.05, 0.1) is 17.7 Å². The average molecular weight is 485 g/mol. The van der Waals surface area contributed by atoms with Crippen LogP contribution in [0.4, 0.5) is 5.95 Å². The number of aromatic nitrogens is 7. The van der Waals surface area contributed by atoms with Crippen molar-refractivity contribution in [3.8, 4) is 11.5 Å². The molecular weight excluding hydrogens is 460 g/mol. The van der Waals surface area contributed by atoms with Crippen molar-refractivity contribution in [1.29, 1.82) is 0 Å². The topological polar surface area (TPSA) is 139 Å². The van der Waals surface area contributed by atoms with Gasteiger partial charge in [0.1, 0.15) is 17.0 Å². The van der Waals surface area contributed by atoms with Gasteiger partial charge in [-0.1, -0.05) is 11.6 Å². The van der Waals surface area contributed by atoms with Gasteiger partial charge in [0, 0.05) is 39.9 Å². The molecular formula is C18H25ClN8O4S. The third kappa shape index (κ3) is 5.06. The van der Waals surface area contributed by atoms with Gasteiger partial charge in [-0.25, -0.2) is 18.4 Å². The molecule has 14 heteroatoms. The second kappa shape index (κ2) is 9.90. The quantitative estimate of drug-likeness (QED) is 0.456. The van der Waals surface area contributed by atoms with Gasteiger partial charge in [-0.3, -0.25) is 14.0 Å². The van der Waals surface area contributed by atoms with Crippen LogP contribution in [0.5, 0.6) is 0 Å². The Balaban J connectivity index is 1.95. The Morgan fingerprint density at radius 2 is 1.88 bits per heavy atom. The van der Waals surface area contributed by atoms with Gasteiger partial charge in [0.2, 0.25) is 16.0 Å². The number of hydrogen-bond acceptors (Lipinski definition) is 9. The Hall–Kier alpha value is -2.61. The lowest BCUT2D eigenvalue weighted by Crippen LogP contribution is -2.34. The van der Waals surface area contributed by atoms with Crippen LogP contribution < -0.4 is 4.72 Å². The molecule has 32 heavy (non-hydrogen) atoms. The van der Waals surface area contributed by atoms with E-state index in [2.05, 4.69) is 30.0 Å². The zero-order valence-electron chi connectivity index (χ0n) is 18.3. The van der Waals surface area contributed by atoms with Crippen LogP contribution in [-0.2, 0) is 26.5 Å². The standard InChI is InChI=1S/C18H25ClN8O4S/c1-11(10-30-4)27-17(14-6-7-26(3)24-14)22-23-18(27)25-32(28,29)12(2)15(31-5)16-20-8-13(19)9-21-16/h6-9,11-12,15H,10H2,1-5H3,(H,23,25). The molecule has 3 rings (SSSR count). The number of halogens is 1. The number of sulfonamides is 1. The minimum absolute atomic E-state index is 0.0360. The van der Waals surface area contributed by atoms with Crippen molar-refractivity contribution in [2.24, 2.45) is 7.05 Å². The van der Waals surface area contributed by atoms with Gasteiger partial charge >= 0.3 is 0 Å². The lowest BCUT2D eigenvalue weighted by atomic mass is 10.2. The largest absolute Gasteiger partial charge is 0.383 e. The van der Waals surface area contributed by atoms with Crippen molar-refractivity contribution in [3.63, 3.8) is 0 Å². The third-order valence-electron chi connectivity index (χ3n) is 4.79. The molecule has 174 valence electrons. The highest BCUT2D eigenvalue weighted by Gasteiger charge is 2.34. The van der Waals surface area contributed by atoms with Gasteiger partial charge in [0.15, 0.2) is 11.6 Å². The summed E-state index contributed by atoms with van der Waals surface area (Å²) in [6, 6.07) is 1.48. The van der Waals surface area contributed by atoms with E-state index < -0.39 is 21.4 Å². The van der Waals surface area contributed by atoms with Crippen molar-refractivity contribution >= 4 is 27.6 Å². The van der Waals surface area contributed by atoms with Crippen molar-refractivity contribution in [1.82, 2.24) is 34.5 Å². The Morgan fingerprint density at radius 1 is 1.19 bits per heavy atom. The molecule has 3 aromatic heterocycles. The summed E-state index contributed by atoms with van der Waals surface area (Å²) in [5.74, 6) is 0.636. The number of hydrogen-bond donors (Lipinski definition) is 1. The van der Waals surface area contributed by atoms with E-state index in [1.165, 1.54) is 26.4 Å². The van der Waals surface area contributed by atoms with Crippen LogP contribution in [0.25, 0.3) is 11.5 Å². The van der Waals surface area contributed by atoms with Gasteiger partial charge in [0.25, 0.3) is 0 Å². The first-order valence-electron chi connectivity index (χ1n) is 9.63. The Kier molecular flexibility index (Phi) is 7.44. The fourth-order valence-electron chi connectivity index (χ4n) is 3.16. The maximum Gasteiger partial charge on any atom is 0.240 e. The molecule has 0 saturated heterocycles. The van der Waals surface area contributed by atoms with Crippen LogP contribution in [0, 0.1) is 0 Å². The minimum atomic E-state index is -4.00. The highest BCUT2D eigenvalue weighted by Crippen LogP contribution is 2.28. The molecule has 0 fully saturated rings. The van der Waals surface area contributed by atoms with Crippen molar-refractivity contribution in [3.05, 3.63) is 35.5 Å². The maximum atomic E-state index is 13.2. The molecule has 0 spiro atoms. The van der Waals surface area contributed by atoms with Gasteiger partial charge in [-0.2, -0.15) is 5.10 Å². The molecule has 0 radical (unpaired) electrons. The second-order valence-electron chi connectivity index (χ2n) is 7.16. The van der Waals surface area contributed by atoms with Crippen molar-refractivity contribution in [2.75, 3.05) is 25.5 Å². The lowest BCUT2D eigenvalue weighted by Gasteiger charge is -2.23. The first kappa shape index (κ1) is 24.0. The lowest BCUT2D eigenvalue weighted by molar-refractivity contribution is 0.0950. The van der Waals surface area contributed by atoms with Crippen LogP contribution in [0.15, 0.2) is 24.7 Å². The first-order chi connectivity index (χ1) is 15.2. The van der Waals surface area contributed by atoms with Crippen LogP contribution in [0.2, 0.25) is 5.02 Å². The fourth-order valence-corrected chi connectivity index (χ4v) is 4.40. The van der Waals surface area contributed by atoms with E-state index in [1.807, 2.05) is 6.92 Å². The first-order valence-corrected chi connectivity index (χ1v) is 11.6. The molecule has 0 aliphatic rings. The van der Waals surface area contributed by atoms with E-state index in [0.29, 0.717) is 23.1 Å². The van der Waals surface area contributed by atoms with E-state index >= 15 is 0 Å². The maximum absolute atomic E-state index is 13.2. The number of ether oxygens (including phenoxy) is 2. The number of anilines is 1. The van der Waals surface area contributed by atoms with Crippen LogP contribution in [0.3, 0.4) is 0 Å². The number of methoxy groups -OCH3 is 2. The predicted molar refractivity (Wildman–Crippen MR) is 118 cm³/mol. The van der Waals surface area contributed by atoms with E-state index in [0.717, 1.165) is 0 Å². The molecule has 3 heterocycles. The second-order valence-corrected chi connectivity index (χ2v) is 9.64. The highest BCUT2D eigenvalue weighted by molar-refractivity contribution is 7.93. The summed E-state index contributed by atoms with van der Waals surface area (Å²) in [4.78, 5) is 8.17. The van der Waals surface area contributed by atoms with Crippen molar-refractivity contribution in [2.45, 2.75) is 31.2 Å². The fraction of sp³-hybridized carbons (Fsp3) is 0.500. The molecule has 0 aromatic carbocycles. The summed E-state index contributed by atoms with van der Waals surface area (Å²) in [5, 5.41) is 11.9. The summed E-state index contributed by atoms with van der Waals surface area (Å²) < 4.78 is 42.9. The van der Waals surface area contributed by atoms with E-state index in [1.54, 1.807) is 35.7 Å². The Labute approximate surface area is 191 Å².